The predicted molar refractivity (Wildman–Crippen MR) is 104 cm³/mol. The predicted octanol–water partition coefficient (Wildman–Crippen LogP) is 2.46. The number of carbonyl (C=O) groups excluding carboxylic acids is 1. The lowest BCUT2D eigenvalue weighted by molar-refractivity contribution is 0.1000. The summed E-state index contributed by atoms with van der Waals surface area (Å²) in [6.45, 7) is 0.0148. The van der Waals surface area contributed by atoms with Crippen LogP contribution in [0.15, 0.2) is 77.9 Å². The number of rotatable bonds is 5. The van der Waals surface area contributed by atoms with Gasteiger partial charge in [0.05, 0.1) is 11.2 Å². The van der Waals surface area contributed by atoms with Crippen LogP contribution < -0.4 is 15.9 Å². The molecule has 0 bridgehead atoms. The summed E-state index contributed by atoms with van der Waals surface area (Å²) in [6, 6.07) is 17.4. The first-order chi connectivity index (χ1) is 13.6. The van der Waals surface area contributed by atoms with Crippen molar-refractivity contribution in [2.75, 3.05) is 0 Å². The second kappa shape index (κ2) is 7.32. The largest absolute Gasteiger partial charge is 0.487 e. The maximum atomic E-state index is 12.2. The molecule has 0 saturated heterocycles. The van der Waals surface area contributed by atoms with Crippen LogP contribution in [0, 0.1) is 0 Å². The molecule has 2 N–H and O–H groups in total. The highest BCUT2D eigenvalue weighted by molar-refractivity contribution is 5.93. The van der Waals surface area contributed by atoms with E-state index in [1.807, 2.05) is 24.3 Å². The molecule has 0 fully saturated rings. The van der Waals surface area contributed by atoms with Crippen LogP contribution in [0.4, 0.5) is 0 Å². The Morgan fingerprint density at radius 1 is 1.07 bits per heavy atom. The van der Waals surface area contributed by atoms with Crippen molar-refractivity contribution in [1.29, 1.82) is 0 Å². The van der Waals surface area contributed by atoms with Gasteiger partial charge < -0.3 is 10.5 Å². The lowest BCUT2D eigenvalue weighted by Crippen LogP contribution is -2.18. The molecule has 0 spiro atoms. The van der Waals surface area contributed by atoms with E-state index in [1.165, 1.54) is 16.9 Å². The van der Waals surface area contributed by atoms with Crippen molar-refractivity contribution in [2.24, 2.45) is 5.73 Å². The molecule has 0 aliphatic rings. The number of carbonyl (C=O) groups is 1. The van der Waals surface area contributed by atoms with Crippen LogP contribution in [0.1, 0.15) is 16.1 Å². The molecule has 2 aromatic carbocycles. The minimum atomic E-state index is -0.530. The Morgan fingerprint density at radius 2 is 1.96 bits per heavy atom. The Morgan fingerprint density at radius 3 is 2.82 bits per heavy atom. The van der Waals surface area contributed by atoms with Crippen LogP contribution in [0.25, 0.3) is 16.6 Å². The maximum absolute atomic E-state index is 12.2. The van der Waals surface area contributed by atoms with Gasteiger partial charge in [-0.2, -0.15) is 5.10 Å². The number of amides is 1. The van der Waals surface area contributed by atoms with Crippen molar-refractivity contribution in [3.8, 4) is 11.4 Å². The average molecular weight is 372 g/mol. The molecule has 0 saturated carbocycles. The van der Waals surface area contributed by atoms with E-state index in [0.29, 0.717) is 17.0 Å². The number of pyridine rings is 1. The Hall–Kier alpha value is -4.00. The van der Waals surface area contributed by atoms with Crippen LogP contribution >= 0.6 is 0 Å². The number of ether oxygens (including phenoxy) is 1. The van der Waals surface area contributed by atoms with Crippen LogP contribution in [0.5, 0.6) is 5.75 Å². The molecular formula is C21H16N4O3. The fraction of sp³-hybridized carbons (Fsp3) is 0.0476. The summed E-state index contributed by atoms with van der Waals surface area (Å²) in [5.41, 5.74) is 7.19. The van der Waals surface area contributed by atoms with Gasteiger partial charge in [-0.25, -0.2) is 4.68 Å². The number of benzene rings is 2. The first-order valence-corrected chi connectivity index (χ1v) is 8.57. The van der Waals surface area contributed by atoms with Gasteiger partial charge in [-0.1, -0.05) is 12.1 Å². The maximum Gasteiger partial charge on any atom is 0.248 e. The molecule has 2 aromatic heterocycles. The van der Waals surface area contributed by atoms with E-state index >= 15 is 0 Å². The molecule has 0 aliphatic heterocycles. The summed E-state index contributed by atoms with van der Waals surface area (Å²) in [7, 11) is 0. The Bertz CT molecular complexity index is 1230. The fourth-order valence-corrected chi connectivity index (χ4v) is 2.79. The number of hydrogen-bond acceptors (Lipinski definition) is 5. The van der Waals surface area contributed by atoms with Gasteiger partial charge in [-0.15, -0.1) is 0 Å². The highest BCUT2D eigenvalue weighted by Gasteiger charge is 2.08. The molecule has 4 rings (SSSR count). The van der Waals surface area contributed by atoms with Crippen LogP contribution in [0.3, 0.4) is 0 Å². The minimum absolute atomic E-state index is 0.0148. The molecule has 1 amide bonds. The third-order valence-corrected chi connectivity index (χ3v) is 4.23. The second-order valence-corrected chi connectivity index (χ2v) is 6.13. The van der Waals surface area contributed by atoms with E-state index in [4.69, 9.17) is 10.5 Å². The molecule has 0 aliphatic carbocycles. The Balaban J connectivity index is 1.59. The molecule has 7 heteroatoms. The third kappa shape index (κ3) is 3.59. The summed E-state index contributed by atoms with van der Waals surface area (Å²) in [4.78, 5) is 27.8. The number of nitrogens with two attached hydrogens (primary N) is 1. The first-order valence-electron chi connectivity index (χ1n) is 8.57. The topological polar surface area (TPSA) is 100 Å². The van der Waals surface area contributed by atoms with Gasteiger partial charge in [0.15, 0.2) is 0 Å². The highest BCUT2D eigenvalue weighted by atomic mass is 16.5. The molecule has 28 heavy (non-hydrogen) atoms. The Kier molecular flexibility index (Phi) is 4.55. The minimum Gasteiger partial charge on any atom is -0.487 e. The lowest BCUT2D eigenvalue weighted by atomic mass is 10.2. The van der Waals surface area contributed by atoms with Crippen LogP contribution in [-0.2, 0) is 6.61 Å². The van der Waals surface area contributed by atoms with E-state index < -0.39 is 5.91 Å². The van der Waals surface area contributed by atoms with Gasteiger partial charge in [0.1, 0.15) is 18.1 Å². The van der Waals surface area contributed by atoms with Gasteiger partial charge in [0.2, 0.25) is 11.3 Å². The van der Waals surface area contributed by atoms with E-state index in [0.717, 1.165) is 10.9 Å². The fourth-order valence-electron chi connectivity index (χ4n) is 2.79. The summed E-state index contributed by atoms with van der Waals surface area (Å²) >= 11 is 0. The van der Waals surface area contributed by atoms with Crippen molar-refractivity contribution in [1.82, 2.24) is 14.8 Å². The molecule has 0 unspecified atom stereocenters. The summed E-state index contributed by atoms with van der Waals surface area (Å²) in [6.07, 6.45) is 3.26. The van der Waals surface area contributed by atoms with Crippen molar-refractivity contribution in [3.63, 3.8) is 0 Å². The summed E-state index contributed by atoms with van der Waals surface area (Å²) in [5, 5.41) is 5.28. The summed E-state index contributed by atoms with van der Waals surface area (Å²) < 4.78 is 7.27. The van der Waals surface area contributed by atoms with Crippen molar-refractivity contribution >= 4 is 16.8 Å². The zero-order chi connectivity index (χ0) is 19.5. The second-order valence-electron chi connectivity index (χ2n) is 6.13. The lowest BCUT2D eigenvalue weighted by Gasteiger charge is -2.10. The standard InChI is InChI=1S/C21H16N4O3/c22-21(27)15-3-1-5-16(11-15)25-10-8-20(26)19(24-25)13-28-17-6-7-18-14(12-17)4-2-9-23-18/h1-12H,13H2,(H2,22,27). The monoisotopic (exact) mass is 372 g/mol. The van der Waals surface area contributed by atoms with E-state index in [2.05, 4.69) is 10.1 Å². The molecule has 138 valence electrons. The van der Waals surface area contributed by atoms with E-state index in [-0.39, 0.29) is 17.7 Å². The number of fused-ring (bicyclic) bond motifs is 1. The number of nitrogens with zero attached hydrogens (tertiary/aromatic N) is 3. The van der Waals surface area contributed by atoms with Crippen molar-refractivity contribution in [2.45, 2.75) is 6.61 Å². The number of aromatic nitrogens is 3. The smallest absolute Gasteiger partial charge is 0.248 e. The third-order valence-electron chi connectivity index (χ3n) is 4.23. The quantitative estimate of drug-likeness (QED) is 0.580. The van der Waals surface area contributed by atoms with Crippen molar-refractivity contribution in [3.05, 3.63) is 94.5 Å². The van der Waals surface area contributed by atoms with E-state index in [9.17, 15) is 9.59 Å². The number of hydrogen-bond donors (Lipinski definition) is 1. The average Bonchev–Trinajstić information content (AvgIpc) is 2.73. The molecule has 0 atom stereocenters. The highest BCUT2D eigenvalue weighted by Crippen LogP contribution is 2.19. The van der Waals surface area contributed by atoms with Gasteiger partial charge in [0, 0.05) is 29.4 Å². The molecule has 4 aromatic rings. The molecule has 2 heterocycles. The normalized spacial score (nSPS) is 10.7. The zero-order valence-electron chi connectivity index (χ0n) is 14.8. The van der Waals surface area contributed by atoms with Gasteiger partial charge >= 0.3 is 0 Å². The Labute approximate surface area is 160 Å². The van der Waals surface area contributed by atoms with Gasteiger partial charge in [-0.3, -0.25) is 14.6 Å². The van der Waals surface area contributed by atoms with Crippen LogP contribution in [-0.4, -0.2) is 20.7 Å². The number of primary amides is 1. The van der Waals surface area contributed by atoms with E-state index in [1.54, 1.807) is 36.5 Å². The zero-order valence-corrected chi connectivity index (χ0v) is 14.8. The SMILES string of the molecule is NC(=O)c1cccc(-n2ccc(=O)c(COc3ccc4ncccc4c3)n2)c1. The first kappa shape index (κ1) is 17.4. The van der Waals surface area contributed by atoms with Crippen LogP contribution in [0.2, 0.25) is 0 Å². The van der Waals surface area contributed by atoms with Crippen molar-refractivity contribution < 1.29 is 9.53 Å². The van der Waals surface area contributed by atoms with Gasteiger partial charge in [0.25, 0.3) is 0 Å². The van der Waals surface area contributed by atoms with Gasteiger partial charge in [-0.05, 0) is 42.5 Å². The molecular weight excluding hydrogens is 356 g/mol. The molecule has 0 radical (unpaired) electrons. The molecule has 7 nitrogen and oxygen atoms in total. The summed E-state index contributed by atoms with van der Waals surface area (Å²) in [5.74, 6) is 0.0880.